The van der Waals surface area contributed by atoms with Gasteiger partial charge in [-0.3, -0.25) is 0 Å². The van der Waals surface area contributed by atoms with Crippen LogP contribution in [0.1, 0.15) is 39.2 Å². The van der Waals surface area contributed by atoms with E-state index in [1.807, 2.05) is 39.0 Å². The molecule has 1 heterocycles. The van der Waals surface area contributed by atoms with Crippen LogP contribution in [0.3, 0.4) is 0 Å². The van der Waals surface area contributed by atoms with E-state index in [9.17, 15) is 9.70 Å². The molecule has 0 aromatic heterocycles. The molecule has 132 valence electrons. The minimum absolute atomic E-state index is 0.184. The normalized spacial score (nSPS) is 17.4. The zero-order chi connectivity index (χ0) is 17.6. The van der Waals surface area contributed by atoms with E-state index >= 15 is 0 Å². The molecule has 1 aliphatic rings. The maximum atomic E-state index is 12.2. The van der Waals surface area contributed by atoms with E-state index in [-0.39, 0.29) is 17.4 Å². The van der Waals surface area contributed by atoms with Crippen LogP contribution in [0.15, 0.2) is 35.5 Å². The first kappa shape index (κ1) is 18.8. The van der Waals surface area contributed by atoms with Crippen LogP contribution in [-0.4, -0.2) is 41.0 Å². The van der Waals surface area contributed by atoms with Crippen LogP contribution in [0.25, 0.3) is 0 Å². The maximum absolute atomic E-state index is 12.2. The van der Waals surface area contributed by atoms with Crippen LogP contribution >= 0.6 is 11.8 Å². The topological polar surface area (TPSA) is 59.0 Å². The number of ether oxygens (including phenoxy) is 1. The van der Waals surface area contributed by atoms with Gasteiger partial charge in [0, 0.05) is 23.6 Å². The molecule has 0 spiro atoms. The van der Waals surface area contributed by atoms with Gasteiger partial charge in [0.15, 0.2) is 0 Å². The van der Waals surface area contributed by atoms with Gasteiger partial charge in [-0.25, -0.2) is 4.79 Å². The highest BCUT2D eigenvalue weighted by molar-refractivity contribution is 7.99. The number of benzene rings is 1. The van der Waals surface area contributed by atoms with Crippen molar-refractivity contribution in [1.82, 2.24) is 4.90 Å². The summed E-state index contributed by atoms with van der Waals surface area (Å²) >= 11 is 1.78. The molecule has 0 atom stereocenters. The molecule has 0 bridgehead atoms. The summed E-state index contributed by atoms with van der Waals surface area (Å²) in [7, 11) is 0. The lowest BCUT2D eigenvalue weighted by molar-refractivity contribution is 0.0199. The number of hydrogen-bond acceptors (Lipinski definition) is 5. The molecule has 2 rings (SSSR count). The number of nitrogens with zero attached hydrogens (tertiary/aromatic N) is 2. The standard InChI is InChI=1S/C18H26N2O3S/c1-17(2,3)23-16(21)20-11-9-18(10-12-20,14-19-22)24-13-15-7-5-4-6-8-15/h4-8H,9-14H2,1-3H3. The van der Waals surface area contributed by atoms with Crippen molar-refractivity contribution in [2.45, 2.75) is 49.7 Å². The van der Waals surface area contributed by atoms with Crippen molar-refractivity contribution in [2.24, 2.45) is 5.18 Å². The highest BCUT2D eigenvalue weighted by Crippen LogP contribution is 2.38. The van der Waals surface area contributed by atoms with E-state index in [2.05, 4.69) is 17.3 Å². The lowest BCUT2D eigenvalue weighted by Gasteiger charge is -2.40. The van der Waals surface area contributed by atoms with E-state index in [0.717, 1.165) is 18.6 Å². The predicted octanol–water partition coefficient (Wildman–Crippen LogP) is 4.46. The Hall–Kier alpha value is -1.56. The Bertz CT molecular complexity index is 549. The van der Waals surface area contributed by atoms with Crippen LogP contribution in [-0.2, 0) is 10.5 Å². The molecule has 1 aromatic carbocycles. The van der Waals surface area contributed by atoms with E-state index < -0.39 is 5.60 Å². The Balaban J connectivity index is 1.93. The Morgan fingerprint density at radius 2 is 1.88 bits per heavy atom. The Labute approximate surface area is 148 Å². The van der Waals surface area contributed by atoms with Crippen molar-refractivity contribution in [3.63, 3.8) is 0 Å². The van der Waals surface area contributed by atoms with Crippen LogP contribution < -0.4 is 0 Å². The molecule has 0 aliphatic carbocycles. The fourth-order valence-electron chi connectivity index (χ4n) is 2.70. The predicted molar refractivity (Wildman–Crippen MR) is 98.2 cm³/mol. The Kier molecular flexibility index (Phi) is 6.27. The fourth-order valence-corrected chi connectivity index (χ4v) is 3.98. The van der Waals surface area contributed by atoms with Gasteiger partial charge in [-0.15, -0.1) is 11.8 Å². The Morgan fingerprint density at radius 1 is 1.25 bits per heavy atom. The second kappa shape index (κ2) is 8.01. The van der Waals surface area contributed by atoms with Crippen molar-refractivity contribution in [3.8, 4) is 0 Å². The van der Waals surface area contributed by atoms with Gasteiger partial charge in [-0.1, -0.05) is 35.5 Å². The number of rotatable bonds is 5. The van der Waals surface area contributed by atoms with E-state index in [4.69, 9.17) is 4.74 Å². The summed E-state index contributed by atoms with van der Waals surface area (Å²) in [6.07, 6.45) is 1.24. The van der Waals surface area contributed by atoms with Gasteiger partial charge in [0.25, 0.3) is 0 Å². The first-order chi connectivity index (χ1) is 11.3. The minimum atomic E-state index is -0.488. The molecule has 0 unspecified atom stereocenters. The smallest absolute Gasteiger partial charge is 0.410 e. The molecule has 1 saturated heterocycles. The van der Waals surface area contributed by atoms with Crippen molar-refractivity contribution < 1.29 is 9.53 Å². The summed E-state index contributed by atoms with van der Waals surface area (Å²) in [6, 6.07) is 10.2. The van der Waals surface area contributed by atoms with Gasteiger partial charge in [0.2, 0.25) is 0 Å². The molecule has 1 fully saturated rings. The number of likely N-dealkylation sites (tertiary alicyclic amines) is 1. The second-order valence-electron chi connectivity index (χ2n) is 7.21. The number of nitroso groups, excluding NO2 is 1. The first-order valence-corrected chi connectivity index (χ1v) is 9.27. The SMILES string of the molecule is CC(C)(C)OC(=O)N1CCC(CN=O)(SCc2ccccc2)CC1. The Morgan fingerprint density at radius 3 is 2.42 bits per heavy atom. The number of amides is 1. The molecule has 24 heavy (non-hydrogen) atoms. The average molecular weight is 350 g/mol. The summed E-state index contributed by atoms with van der Waals surface area (Å²) in [6.45, 7) is 7.09. The van der Waals surface area contributed by atoms with E-state index in [1.165, 1.54) is 5.56 Å². The van der Waals surface area contributed by atoms with Crippen LogP contribution in [0.5, 0.6) is 0 Å². The summed E-state index contributed by atoms with van der Waals surface area (Å²) in [5, 5.41) is 3.17. The molecular weight excluding hydrogens is 324 g/mol. The minimum Gasteiger partial charge on any atom is -0.444 e. The molecule has 5 nitrogen and oxygen atoms in total. The summed E-state index contributed by atoms with van der Waals surface area (Å²) in [4.78, 5) is 24.8. The van der Waals surface area contributed by atoms with Gasteiger partial charge < -0.3 is 9.64 Å². The molecular formula is C18H26N2O3S. The van der Waals surface area contributed by atoms with Crippen LogP contribution in [0.2, 0.25) is 0 Å². The molecule has 0 N–H and O–H groups in total. The molecule has 0 saturated carbocycles. The molecule has 6 heteroatoms. The second-order valence-corrected chi connectivity index (χ2v) is 8.66. The van der Waals surface area contributed by atoms with E-state index in [1.54, 1.807) is 16.7 Å². The van der Waals surface area contributed by atoms with Gasteiger partial charge >= 0.3 is 6.09 Å². The summed E-state index contributed by atoms with van der Waals surface area (Å²) in [5.74, 6) is 0.850. The number of hydrogen-bond donors (Lipinski definition) is 0. The van der Waals surface area contributed by atoms with Crippen molar-refractivity contribution in [3.05, 3.63) is 40.8 Å². The third kappa shape index (κ3) is 5.51. The molecule has 0 radical (unpaired) electrons. The average Bonchev–Trinajstić information content (AvgIpc) is 2.53. The van der Waals surface area contributed by atoms with Crippen molar-refractivity contribution >= 4 is 17.9 Å². The zero-order valence-electron chi connectivity index (χ0n) is 14.7. The van der Waals surface area contributed by atoms with E-state index in [0.29, 0.717) is 13.1 Å². The van der Waals surface area contributed by atoms with Crippen molar-refractivity contribution in [2.75, 3.05) is 19.6 Å². The summed E-state index contributed by atoms with van der Waals surface area (Å²) in [5.41, 5.74) is 0.750. The molecule has 1 aromatic rings. The fraction of sp³-hybridized carbons (Fsp3) is 0.611. The monoisotopic (exact) mass is 350 g/mol. The number of thioether (sulfide) groups is 1. The van der Waals surface area contributed by atoms with Crippen LogP contribution in [0, 0.1) is 4.91 Å². The highest BCUT2D eigenvalue weighted by atomic mass is 32.2. The van der Waals surface area contributed by atoms with Crippen molar-refractivity contribution in [1.29, 1.82) is 0 Å². The number of carbonyl (C=O) groups is 1. The van der Waals surface area contributed by atoms with Gasteiger partial charge in [0.05, 0.1) is 6.54 Å². The van der Waals surface area contributed by atoms with Gasteiger partial charge in [-0.05, 0) is 39.2 Å². The lowest BCUT2D eigenvalue weighted by Crippen LogP contribution is -2.48. The molecule has 1 amide bonds. The largest absolute Gasteiger partial charge is 0.444 e. The first-order valence-electron chi connectivity index (χ1n) is 8.28. The number of carbonyl (C=O) groups excluding carboxylic acids is 1. The number of piperidine rings is 1. The maximum Gasteiger partial charge on any atom is 0.410 e. The third-order valence-corrected chi connectivity index (χ3v) is 5.69. The zero-order valence-corrected chi connectivity index (χ0v) is 15.5. The lowest BCUT2D eigenvalue weighted by atomic mass is 9.96. The van der Waals surface area contributed by atoms with Gasteiger partial charge in [-0.2, -0.15) is 4.91 Å². The quantitative estimate of drug-likeness (QED) is 0.736. The molecule has 1 aliphatic heterocycles. The van der Waals surface area contributed by atoms with Gasteiger partial charge in [0.1, 0.15) is 5.60 Å². The third-order valence-electron chi connectivity index (χ3n) is 4.07. The van der Waals surface area contributed by atoms with Crippen LogP contribution in [0.4, 0.5) is 4.79 Å². The highest BCUT2D eigenvalue weighted by Gasteiger charge is 2.38. The summed E-state index contributed by atoms with van der Waals surface area (Å²) < 4.78 is 5.25.